The van der Waals surface area contributed by atoms with Gasteiger partial charge in [0.05, 0.1) is 31.0 Å². The third-order valence-electron chi connectivity index (χ3n) is 4.54. The van der Waals surface area contributed by atoms with Crippen molar-refractivity contribution in [3.05, 3.63) is 53.0 Å². The summed E-state index contributed by atoms with van der Waals surface area (Å²) in [6.07, 6.45) is 0. The van der Waals surface area contributed by atoms with E-state index in [-0.39, 0.29) is 0 Å². The molecule has 154 valence electrons. The van der Waals surface area contributed by atoms with Crippen LogP contribution in [0.15, 0.2) is 47.5 Å². The number of aryl methyl sites for hydroxylation is 1. The SMILES string of the molecule is COc1ccc(-c2nnc(SCc3cc(OC)cc(OC)c3)c3nc(C)sc23)cc1. The molecule has 0 saturated heterocycles. The molecule has 0 N–H and O–H groups in total. The molecule has 2 aromatic heterocycles. The van der Waals surface area contributed by atoms with Crippen molar-refractivity contribution in [2.24, 2.45) is 0 Å². The molecule has 0 aliphatic heterocycles. The van der Waals surface area contributed by atoms with Crippen LogP contribution in [0.1, 0.15) is 10.6 Å². The van der Waals surface area contributed by atoms with Gasteiger partial charge in [-0.3, -0.25) is 0 Å². The topological polar surface area (TPSA) is 66.4 Å². The molecule has 0 saturated carbocycles. The predicted molar refractivity (Wildman–Crippen MR) is 121 cm³/mol. The number of benzene rings is 2. The van der Waals surface area contributed by atoms with Crippen molar-refractivity contribution in [1.29, 1.82) is 0 Å². The van der Waals surface area contributed by atoms with Gasteiger partial charge in [-0.1, -0.05) is 11.8 Å². The minimum absolute atomic E-state index is 0.704. The fourth-order valence-corrected chi connectivity index (χ4v) is 4.90. The number of fused-ring (bicyclic) bond motifs is 1. The summed E-state index contributed by atoms with van der Waals surface area (Å²) in [4.78, 5) is 4.73. The Balaban J connectivity index is 1.66. The number of aromatic nitrogens is 3. The maximum atomic E-state index is 5.37. The molecule has 4 aromatic rings. The lowest BCUT2D eigenvalue weighted by Gasteiger charge is -2.09. The highest BCUT2D eigenvalue weighted by molar-refractivity contribution is 7.98. The zero-order valence-electron chi connectivity index (χ0n) is 17.1. The Morgan fingerprint density at radius 3 is 2.17 bits per heavy atom. The maximum Gasteiger partial charge on any atom is 0.146 e. The van der Waals surface area contributed by atoms with Crippen LogP contribution in [0.4, 0.5) is 0 Å². The molecule has 0 spiro atoms. The molecule has 0 radical (unpaired) electrons. The van der Waals surface area contributed by atoms with Gasteiger partial charge in [0, 0.05) is 17.4 Å². The van der Waals surface area contributed by atoms with Crippen molar-refractivity contribution in [2.45, 2.75) is 17.7 Å². The van der Waals surface area contributed by atoms with Gasteiger partial charge in [0.25, 0.3) is 0 Å². The van der Waals surface area contributed by atoms with Crippen LogP contribution in [0.25, 0.3) is 21.5 Å². The van der Waals surface area contributed by atoms with E-state index in [9.17, 15) is 0 Å². The average molecular weight is 440 g/mol. The number of thioether (sulfide) groups is 1. The molecule has 0 fully saturated rings. The Kier molecular flexibility index (Phi) is 6.06. The lowest BCUT2D eigenvalue weighted by atomic mass is 10.1. The first-order valence-electron chi connectivity index (χ1n) is 9.24. The second-order valence-corrected chi connectivity index (χ2v) is 8.67. The molecule has 0 bridgehead atoms. The van der Waals surface area contributed by atoms with Crippen LogP contribution in [-0.2, 0) is 5.75 Å². The number of rotatable bonds is 7. The van der Waals surface area contributed by atoms with Crippen molar-refractivity contribution in [3.8, 4) is 28.5 Å². The third kappa shape index (κ3) is 4.20. The molecule has 6 nitrogen and oxygen atoms in total. The summed E-state index contributed by atoms with van der Waals surface area (Å²) >= 11 is 3.24. The summed E-state index contributed by atoms with van der Waals surface area (Å²) < 4.78 is 17.0. The van der Waals surface area contributed by atoms with Crippen molar-refractivity contribution >= 4 is 33.3 Å². The van der Waals surface area contributed by atoms with Gasteiger partial charge in [-0.05, 0) is 48.9 Å². The Labute approximate surface area is 183 Å². The largest absolute Gasteiger partial charge is 0.497 e. The van der Waals surface area contributed by atoms with Crippen LogP contribution < -0.4 is 14.2 Å². The van der Waals surface area contributed by atoms with Gasteiger partial charge in [0.15, 0.2) is 0 Å². The predicted octanol–water partition coefficient (Wildman–Crippen LogP) is 5.38. The molecule has 8 heteroatoms. The molecule has 30 heavy (non-hydrogen) atoms. The quantitative estimate of drug-likeness (QED) is 0.358. The van der Waals surface area contributed by atoms with Crippen molar-refractivity contribution in [3.63, 3.8) is 0 Å². The van der Waals surface area contributed by atoms with Crippen molar-refractivity contribution < 1.29 is 14.2 Å². The first-order valence-corrected chi connectivity index (χ1v) is 11.0. The molecule has 0 aliphatic rings. The van der Waals surface area contributed by atoms with E-state index in [0.717, 1.165) is 54.3 Å². The summed E-state index contributed by atoms with van der Waals surface area (Å²) in [7, 11) is 4.96. The van der Waals surface area contributed by atoms with E-state index in [0.29, 0.717) is 5.75 Å². The summed E-state index contributed by atoms with van der Waals surface area (Å²) in [6.45, 7) is 2.00. The van der Waals surface area contributed by atoms with Gasteiger partial charge in [-0.25, -0.2) is 4.98 Å². The zero-order valence-corrected chi connectivity index (χ0v) is 18.8. The molecule has 0 aliphatic carbocycles. The molecule has 2 aromatic carbocycles. The Morgan fingerprint density at radius 2 is 1.53 bits per heavy atom. The van der Waals surface area contributed by atoms with Gasteiger partial charge in [-0.2, -0.15) is 0 Å². The third-order valence-corrected chi connectivity index (χ3v) is 6.55. The molecule has 0 atom stereocenters. The van der Waals surface area contributed by atoms with Gasteiger partial charge >= 0.3 is 0 Å². The van der Waals surface area contributed by atoms with Crippen LogP contribution >= 0.6 is 23.1 Å². The molecule has 2 heterocycles. The Morgan fingerprint density at radius 1 is 0.867 bits per heavy atom. The summed E-state index contributed by atoms with van der Waals surface area (Å²) in [5.74, 6) is 3.04. The monoisotopic (exact) mass is 439 g/mol. The fraction of sp³-hybridized carbons (Fsp3) is 0.227. The second-order valence-electron chi connectivity index (χ2n) is 6.50. The van der Waals surface area contributed by atoms with Crippen LogP contribution in [0, 0.1) is 6.92 Å². The first kappa shape index (κ1) is 20.4. The van der Waals surface area contributed by atoms with E-state index in [4.69, 9.17) is 19.2 Å². The first-order chi connectivity index (χ1) is 14.6. The highest BCUT2D eigenvalue weighted by atomic mass is 32.2. The molecule has 4 rings (SSSR count). The Bertz CT molecular complexity index is 1150. The highest BCUT2D eigenvalue weighted by Crippen LogP contribution is 2.37. The number of hydrogen-bond acceptors (Lipinski definition) is 8. The summed E-state index contributed by atoms with van der Waals surface area (Å²) in [6, 6.07) is 13.7. The Hall–Kier alpha value is -2.84. The molecule has 0 amide bonds. The van der Waals surface area contributed by atoms with E-state index in [1.807, 2.05) is 49.4 Å². The molecular weight excluding hydrogens is 418 g/mol. The van der Waals surface area contributed by atoms with Crippen LogP contribution in [0.5, 0.6) is 17.2 Å². The van der Waals surface area contributed by atoms with Crippen LogP contribution in [0.3, 0.4) is 0 Å². The summed E-state index contributed by atoms with van der Waals surface area (Å²) in [5.41, 5.74) is 3.80. The van der Waals surface area contributed by atoms with E-state index in [1.54, 1.807) is 44.4 Å². The van der Waals surface area contributed by atoms with E-state index >= 15 is 0 Å². The maximum absolute atomic E-state index is 5.37. The lowest BCUT2D eigenvalue weighted by molar-refractivity contribution is 0.393. The molecular formula is C22H21N3O3S2. The standard InChI is InChI=1S/C22H21N3O3S2/c1-13-23-20-21(30-13)19(15-5-7-16(26-2)8-6-15)24-25-22(20)29-12-14-9-17(27-3)11-18(10-14)28-4/h5-11H,12H2,1-4H3. The summed E-state index contributed by atoms with van der Waals surface area (Å²) in [5, 5.41) is 10.8. The van der Waals surface area contributed by atoms with Crippen molar-refractivity contribution in [2.75, 3.05) is 21.3 Å². The van der Waals surface area contributed by atoms with Gasteiger partial charge in [0.2, 0.25) is 0 Å². The van der Waals surface area contributed by atoms with Crippen LogP contribution in [0.2, 0.25) is 0 Å². The second kappa shape index (κ2) is 8.89. The van der Waals surface area contributed by atoms with Crippen LogP contribution in [-0.4, -0.2) is 36.5 Å². The van der Waals surface area contributed by atoms with Gasteiger partial charge < -0.3 is 14.2 Å². The minimum atomic E-state index is 0.704. The van der Waals surface area contributed by atoms with Gasteiger partial charge in [-0.15, -0.1) is 21.5 Å². The van der Waals surface area contributed by atoms with Gasteiger partial charge in [0.1, 0.15) is 33.5 Å². The number of ether oxygens (including phenoxy) is 3. The smallest absolute Gasteiger partial charge is 0.146 e. The van der Waals surface area contributed by atoms with Crippen molar-refractivity contribution in [1.82, 2.24) is 15.2 Å². The fourth-order valence-electron chi connectivity index (χ4n) is 3.06. The zero-order chi connectivity index (χ0) is 21.1. The number of nitrogens with zero attached hydrogens (tertiary/aromatic N) is 3. The van der Waals surface area contributed by atoms with E-state index < -0.39 is 0 Å². The van der Waals surface area contributed by atoms with E-state index in [2.05, 4.69) is 10.2 Å². The highest BCUT2D eigenvalue weighted by Gasteiger charge is 2.16. The number of hydrogen-bond donors (Lipinski definition) is 0. The van der Waals surface area contributed by atoms with E-state index in [1.165, 1.54) is 0 Å². The number of thiazole rings is 1. The normalized spacial score (nSPS) is 10.9. The average Bonchev–Trinajstić information content (AvgIpc) is 3.18. The molecule has 0 unspecified atom stereocenters. The number of methoxy groups -OCH3 is 3. The lowest BCUT2D eigenvalue weighted by Crippen LogP contribution is -1.94. The minimum Gasteiger partial charge on any atom is -0.497 e.